The van der Waals surface area contributed by atoms with Crippen molar-refractivity contribution in [3.63, 3.8) is 0 Å². The molecule has 0 saturated carbocycles. The number of hydrogen-bond acceptors (Lipinski definition) is 1. The van der Waals surface area contributed by atoms with Crippen LogP contribution in [0.3, 0.4) is 0 Å². The van der Waals surface area contributed by atoms with E-state index < -0.39 is 0 Å². The molecule has 17 heavy (non-hydrogen) atoms. The first kappa shape index (κ1) is 10.4. The lowest BCUT2D eigenvalue weighted by Gasteiger charge is -2.19. The molecular weight excluding hydrogens is 212 g/mol. The maximum atomic E-state index is 11.3. The lowest BCUT2D eigenvalue weighted by Crippen LogP contribution is -2.28. The number of amides is 1. The minimum atomic E-state index is -0.169. The van der Waals surface area contributed by atoms with Gasteiger partial charge in [-0.25, -0.2) is 0 Å². The fourth-order valence-electron chi connectivity index (χ4n) is 2.77. The third-order valence-electron chi connectivity index (χ3n) is 3.75. The molecule has 0 saturated heterocycles. The number of carbonyl (C=O) groups is 1. The van der Waals surface area contributed by atoms with Gasteiger partial charge < -0.3 is 10.7 Å². The minimum absolute atomic E-state index is 0.00186. The molecule has 3 N–H and O–H groups in total. The second-order valence-corrected chi connectivity index (χ2v) is 4.97. The van der Waals surface area contributed by atoms with Crippen LogP contribution in [-0.4, -0.2) is 10.9 Å². The van der Waals surface area contributed by atoms with E-state index in [-0.39, 0.29) is 11.8 Å². The van der Waals surface area contributed by atoms with Gasteiger partial charge in [0.15, 0.2) is 0 Å². The van der Waals surface area contributed by atoms with Gasteiger partial charge in [-0.1, -0.05) is 11.6 Å². The van der Waals surface area contributed by atoms with Gasteiger partial charge in [0.05, 0.1) is 0 Å². The number of nitrogens with two attached hydrogens (primary N) is 1. The molecule has 1 aliphatic carbocycles. The summed E-state index contributed by atoms with van der Waals surface area (Å²) in [7, 11) is 0. The monoisotopic (exact) mass is 228 g/mol. The fraction of sp³-hybridized carbons (Fsp3) is 0.357. The fourth-order valence-corrected chi connectivity index (χ4v) is 2.77. The molecule has 1 amide bonds. The second-order valence-electron chi connectivity index (χ2n) is 4.97. The molecule has 88 valence electrons. The number of nitrogens with one attached hydrogen (secondary N) is 1. The highest BCUT2D eigenvalue weighted by molar-refractivity contribution is 5.87. The van der Waals surface area contributed by atoms with Crippen molar-refractivity contribution >= 4 is 16.8 Å². The largest absolute Gasteiger partial charge is 0.369 e. The first-order chi connectivity index (χ1) is 8.15. The molecule has 3 nitrogen and oxygen atoms in total. The average molecular weight is 228 g/mol. The molecule has 3 heteroatoms. The van der Waals surface area contributed by atoms with Crippen LogP contribution in [0.5, 0.6) is 0 Å². The maximum Gasteiger partial charge on any atom is 0.220 e. The quantitative estimate of drug-likeness (QED) is 0.771. The Morgan fingerprint density at radius 1 is 1.47 bits per heavy atom. The van der Waals surface area contributed by atoms with E-state index in [1.165, 1.54) is 27.7 Å². The molecule has 2 aromatic rings. The van der Waals surface area contributed by atoms with Crippen LogP contribution >= 0.6 is 0 Å². The summed E-state index contributed by atoms with van der Waals surface area (Å²) < 4.78 is 0. The normalized spacial score (nSPS) is 19.2. The van der Waals surface area contributed by atoms with E-state index in [1.54, 1.807) is 0 Å². The van der Waals surface area contributed by atoms with Crippen LogP contribution in [0.25, 0.3) is 10.9 Å². The predicted octanol–water partition coefficient (Wildman–Crippen LogP) is 2.07. The molecule has 1 aromatic carbocycles. The molecule has 0 aliphatic heterocycles. The predicted molar refractivity (Wildman–Crippen MR) is 67.7 cm³/mol. The first-order valence-electron chi connectivity index (χ1n) is 6.04. The van der Waals surface area contributed by atoms with Crippen molar-refractivity contribution in [3.05, 3.63) is 35.0 Å². The molecule has 1 atom stereocenters. The van der Waals surface area contributed by atoms with E-state index in [9.17, 15) is 4.79 Å². The zero-order valence-electron chi connectivity index (χ0n) is 9.92. The molecule has 0 fully saturated rings. The summed E-state index contributed by atoms with van der Waals surface area (Å²) in [6, 6.07) is 6.41. The Labute approximate surface area is 100 Å². The molecule has 1 heterocycles. The Hall–Kier alpha value is -1.77. The summed E-state index contributed by atoms with van der Waals surface area (Å²) in [5, 5.41) is 1.26. The number of H-pyrrole nitrogens is 1. The third kappa shape index (κ3) is 1.62. The Morgan fingerprint density at radius 2 is 2.29 bits per heavy atom. The van der Waals surface area contributed by atoms with Crippen molar-refractivity contribution in [2.45, 2.75) is 26.2 Å². The Morgan fingerprint density at radius 3 is 3.06 bits per heavy atom. The van der Waals surface area contributed by atoms with Crippen LogP contribution in [0.15, 0.2) is 18.2 Å². The average Bonchev–Trinajstić information content (AvgIpc) is 2.66. The van der Waals surface area contributed by atoms with Gasteiger partial charge in [-0.05, 0) is 43.9 Å². The van der Waals surface area contributed by atoms with Crippen LogP contribution in [0, 0.1) is 12.8 Å². The van der Waals surface area contributed by atoms with E-state index in [4.69, 9.17) is 5.73 Å². The molecule has 0 radical (unpaired) electrons. The summed E-state index contributed by atoms with van der Waals surface area (Å²) in [5.74, 6) is -0.167. The van der Waals surface area contributed by atoms with E-state index >= 15 is 0 Å². The number of aromatic nitrogens is 1. The minimum Gasteiger partial charge on any atom is -0.369 e. The lowest BCUT2D eigenvalue weighted by atomic mass is 9.86. The van der Waals surface area contributed by atoms with Gasteiger partial charge in [-0.2, -0.15) is 0 Å². The van der Waals surface area contributed by atoms with Gasteiger partial charge in [-0.15, -0.1) is 0 Å². The molecule has 0 spiro atoms. The molecular formula is C14H16N2O. The summed E-state index contributed by atoms with van der Waals surface area (Å²) in [6.45, 7) is 2.09. The van der Waals surface area contributed by atoms with E-state index in [1.807, 2.05) is 0 Å². The first-order valence-corrected chi connectivity index (χ1v) is 6.04. The summed E-state index contributed by atoms with van der Waals surface area (Å²) in [4.78, 5) is 14.8. The number of hydrogen-bond donors (Lipinski definition) is 2. The van der Waals surface area contributed by atoms with Gasteiger partial charge in [0, 0.05) is 22.5 Å². The van der Waals surface area contributed by atoms with Gasteiger partial charge >= 0.3 is 0 Å². The zero-order valence-corrected chi connectivity index (χ0v) is 9.92. The SMILES string of the molecule is Cc1ccc2[nH]c3c(c2c1)CC(C(N)=O)CC3. The summed E-state index contributed by atoms with van der Waals surface area (Å²) in [5.41, 5.74) is 10.4. The summed E-state index contributed by atoms with van der Waals surface area (Å²) in [6.07, 6.45) is 2.58. The summed E-state index contributed by atoms with van der Waals surface area (Å²) >= 11 is 0. The van der Waals surface area contributed by atoms with Crippen molar-refractivity contribution in [3.8, 4) is 0 Å². The highest BCUT2D eigenvalue weighted by Crippen LogP contribution is 2.32. The van der Waals surface area contributed by atoms with Gasteiger partial charge in [0.25, 0.3) is 0 Å². The van der Waals surface area contributed by atoms with Crippen molar-refractivity contribution in [1.82, 2.24) is 4.98 Å². The maximum absolute atomic E-state index is 11.3. The van der Waals surface area contributed by atoms with Crippen molar-refractivity contribution < 1.29 is 4.79 Å². The van der Waals surface area contributed by atoms with Crippen LogP contribution in [0.1, 0.15) is 23.2 Å². The number of rotatable bonds is 1. The molecule has 1 aliphatic rings. The standard InChI is InChI=1S/C14H16N2O/c1-8-2-4-12-10(6-8)11-7-9(14(15)17)3-5-13(11)16-12/h2,4,6,9,16H,3,5,7H2,1H3,(H2,15,17). The molecule has 1 unspecified atom stereocenters. The smallest absolute Gasteiger partial charge is 0.220 e. The Balaban J connectivity index is 2.13. The second kappa shape index (κ2) is 3.62. The van der Waals surface area contributed by atoms with E-state index in [0.29, 0.717) is 0 Å². The van der Waals surface area contributed by atoms with Gasteiger partial charge in [-0.3, -0.25) is 4.79 Å². The van der Waals surface area contributed by atoms with E-state index in [0.717, 1.165) is 19.3 Å². The van der Waals surface area contributed by atoms with Crippen LogP contribution < -0.4 is 5.73 Å². The van der Waals surface area contributed by atoms with E-state index in [2.05, 4.69) is 30.1 Å². The van der Waals surface area contributed by atoms with Crippen molar-refractivity contribution in [1.29, 1.82) is 0 Å². The number of aryl methyl sites for hydroxylation is 2. The Bertz CT molecular complexity index is 598. The molecule has 0 bridgehead atoms. The van der Waals surface area contributed by atoms with Crippen LogP contribution in [0.4, 0.5) is 0 Å². The zero-order chi connectivity index (χ0) is 12.0. The number of carbonyl (C=O) groups excluding carboxylic acids is 1. The molecule has 1 aromatic heterocycles. The van der Waals surface area contributed by atoms with Crippen molar-refractivity contribution in [2.24, 2.45) is 11.7 Å². The highest BCUT2D eigenvalue weighted by Gasteiger charge is 2.25. The van der Waals surface area contributed by atoms with Crippen molar-refractivity contribution in [2.75, 3.05) is 0 Å². The Kier molecular flexibility index (Phi) is 2.21. The van der Waals surface area contributed by atoms with Crippen LogP contribution in [0.2, 0.25) is 0 Å². The molecule has 3 rings (SSSR count). The number of benzene rings is 1. The number of primary amides is 1. The van der Waals surface area contributed by atoms with Gasteiger partial charge in [0.1, 0.15) is 0 Å². The topological polar surface area (TPSA) is 58.9 Å². The van der Waals surface area contributed by atoms with Crippen LogP contribution in [-0.2, 0) is 17.6 Å². The third-order valence-corrected chi connectivity index (χ3v) is 3.75. The van der Waals surface area contributed by atoms with Gasteiger partial charge in [0.2, 0.25) is 5.91 Å². The highest BCUT2D eigenvalue weighted by atomic mass is 16.1. The number of aromatic amines is 1. The lowest BCUT2D eigenvalue weighted by molar-refractivity contribution is -0.122. The number of fused-ring (bicyclic) bond motifs is 3.